The van der Waals surface area contributed by atoms with Crippen LogP contribution >= 0.6 is 23.4 Å². The highest BCUT2D eigenvalue weighted by Gasteiger charge is 2.34. The van der Waals surface area contributed by atoms with Crippen LogP contribution in [0.15, 0.2) is 102 Å². The summed E-state index contributed by atoms with van der Waals surface area (Å²) < 4.78 is 46.0. The first-order chi connectivity index (χ1) is 22.4. The Hall–Kier alpha value is -4.94. The minimum atomic E-state index is -4.73. The first kappa shape index (κ1) is 34.9. The van der Waals surface area contributed by atoms with Crippen LogP contribution in [-0.2, 0) is 15.8 Å². The van der Waals surface area contributed by atoms with E-state index in [-0.39, 0.29) is 28.6 Å². The van der Waals surface area contributed by atoms with Gasteiger partial charge in [-0.2, -0.15) is 13.2 Å². The van der Waals surface area contributed by atoms with Crippen molar-refractivity contribution < 1.29 is 37.4 Å². The Morgan fingerprint density at radius 1 is 0.957 bits per heavy atom. The Morgan fingerprint density at radius 3 is 2.38 bits per heavy atom. The average molecular weight is 684 g/mol. The van der Waals surface area contributed by atoms with E-state index in [9.17, 15) is 32.7 Å². The second-order valence-corrected chi connectivity index (χ2v) is 11.7. The predicted octanol–water partition coefficient (Wildman–Crippen LogP) is 7.99. The molecule has 4 rings (SSSR count). The number of thioether (sulfide) groups is 1. The highest BCUT2D eigenvalue weighted by molar-refractivity contribution is 8.00. The lowest BCUT2D eigenvalue weighted by Crippen LogP contribution is -2.30. The van der Waals surface area contributed by atoms with Crippen molar-refractivity contribution in [2.75, 3.05) is 17.7 Å². The van der Waals surface area contributed by atoms with E-state index < -0.39 is 40.4 Å². The zero-order chi connectivity index (χ0) is 34.1. The molecule has 244 valence electrons. The molecule has 3 amide bonds. The Kier molecular flexibility index (Phi) is 11.6. The highest BCUT2D eigenvalue weighted by atomic mass is 35.5. The molecule has 0 saturated heterocycles. The summed E-state index contributed by atoms with van der Waals surface area (Å²) in [7, 11) is 1.39. The summed E-state index contributed by atoms with van der Waals surface area (Å²) in [4.78, 5) is 40.1. The van der Waals surface area contributed by atoms with E-state index in [1.54, 1.807) is 61.5 Å². The Labute approximate surface area is 278 Å². The molecule has 0 heterocycles. The third-order valence-corrected chi connectivity index (χ3v) is 8.22. The number of methoxy groups -OCH3 is 1. The number of halogens is 4. The second-order valence-electron chi connectivity index (χ2n) is 9.98. The lowest BCUT2D eigenvalue weighted by atomic mass is 10.1. The third kappa shape index (κ3) is 9.53. The number of anilines is 2. The van der Waals surface area contributed by atoms with Crippen LogP contribution in [0.1, 0.15) is 34.8 Å². The largest absolute Gasteiger partial charge is 0.508 e. The van der Waals surface area contributed by atoms with E-state index in [0.717, 1.165) is 23.9 Å². The molecule has 0 bridgehead atoms. The molecular weight excluding hydrogens is 655 g/mol. The molecule has 13 heteroatoms. The van der Waals surface area contributed by atoms with Crippen molar-refractivity contribution in [3.8, 4) is 11.5 Å². The number of phenols is 1. The first-order valence-corrected chi connectivity index (χ1v) is 15.3. The number of aromatic hydroxyl groups is 1. The molecule has 4 aromatic rings. The molecule has 4 aromatic carbocycles. The van der Waals surface area contributed by atoms with Crippen LogP contribution in [0.5, 0.6) is 11.5 Å². The van der Waals surface area contributed by atoms with Crippen molar-refractivity contribution in [3.63, 3.8) is 0 Å². The summed E-state index contributed by atoms with van der Waals surface area (Å²) in [5, 5.41) is 16.7. The fourth-order valence-corrected chi connectivity index (χ4v) is 5.51. The van der Waals surface area contributed by atoms with Crippen molar-refractivity contribution in [1.82, 2.24) is 5.32 Å². The van der Waals surface area contributed by atoms with Gasteiger partial charge in [-0.3, -0.25) is 14.4 Å². The summed E-state index contributed by atoms with van der Waals surface area (Å²) in [5.41, 5.74) is -0.559. The number of benzene rings is 4. The van der Waals surface area contributed by atoms with Gasteiger partial charge in [0.15, 0.2) is 0 Å². The Morgan fingerprint density at radius 2 is 1.70 bits per heavy atom. The van der Waals surface area contributed by atoms with Gasteiger partial charge in [-0.15, -0.1) is 11.8 Å². The van der Waals surface area contributed by atoms with E-state index in [4.69, 9.17) is 16.3 Å². The number of nitrogens with one attached hydrogen (secondary N) is 3. The number of hydrogen-bond acceptors (Lipinski definition) is 6. The lowest BCUT2D eigenvalue weighted by Gasteiger charge is -2.18. The molecule has 0 saturated carbocycles. The minimum Gasteiger partial charge on any atom is -0.508 e. The third-order valence-electron chi connectivity index (χ3n) is 6.62. The number of rotatable bonds is 11. The lowest BCUT2D eigenvalue weighted by molar-refractivity contribution is -0.137. The standard InChI is InChI=1S/C34H29ClF3N3O5S/c1-3-30(33(45)40-27-15-13-22(35)17-26(27)34(36,37)38)47-25-11-7-10-23(18-25)39-32(44)28(41-31(43)20-8-5-4-6-9-20)16-21-12-14-24(42)19-29(21)46-2/h4-19,30,42H,3H2,1-2H3,(H,39,44)(H,40,45)(H,41,43)/b28-16+. The molecule has 1 atom stereocenters. The van der Waals surface area contributed by atoms with Crippen LogP contribution in [0.4, 0.5) is 24.5 Å². The number of hydrogen-bond donors (Lipinski definition) is 4. The van der Waals surface area contributed by atoms with Crippen molar-refractivity contribution in [3.05, 3.63) is 118 Å². The fourth-order valence-electron chi connectivity index (χ4n) is 4.32. The van der Waals surface area contributed by atoms with E-state index in [1.165, 1.54) is 37.5 Å². The van der Waals surface area contributed by atoms with Gasteiger partial charge in [-0.05, 0) is 73.2 Å². The van der Waals surface area contributed by atoms with Gasteiger partial charge in [0.05, 0.1) is 23.6 Å². The maximum Gasteiger partial charge on any atom is 0.418 e. The molecule has 8 nitrogen and oxygen atoms in total. The van der Waals surface area contributed by atoms with Gasteiger partial charge in [0.1, 0.15) is 17.2 Å². The van der Waals surface area contributed by atoms with Crippen LogP contribution in [0.25, 0.3) is 6.08 Å². The summed E-state index contributed by atoms with van der Waals surface area (Å²) in [6.45, 7) is 1.72. The van der Waals surface area contributed by atoms with Gasteiger partial charge in [0.25, 0.3) is 11.8 Å². The molecule has 0 aliphatic rings. The van der Waals surface area contributed by atoms with Crippen molar-refractivity contribution in [2.45, 2.75) is 29.7 Å². The maximum absolute atomic E-state index is 13.6. The molecular formula is C34H29ClF3N3O5S. The van der Waals surface area contributed by atoms with Gasteiger partial charge < -0.3 is 25.8 Å². The maximum atomic E-state index is 13.6. The SMILES string of the molecule is CCC(Sc1cccc(NC(=O)/C(=C\c2ccc(O)cc2OC)NC(=O)c2ccccc2)c1)C(=O)Nc1ccc(Cl)cc1C(F)(F)F. The van der Waals surface area contributed by atoms with Gasteiger partial charge in [0, 0.05) is 32.8 Å². The normalized spacial score (nSPS) is 12.2. The van der Waals surface area contributed by atoms with Gasteiger partial charge in [-0.1, -0.05) is 42.8 Å². The number of carbonyl (C=O) groups is 3. The Balaban J connectivity index is 1.55. The highest BCUT2D eigenvalue weighted by Crippen LogP contribution is 2.37. The van der Waals surface area contributed by atoms with Gasteiger partial charge in [-0.25, -0.2) is 0 Å². The summed E-state index contributed by atoms with van der Waals surface area (Å²) >= 11 is 6.86. The van der Waals surface area contributed by atoms with Gasteiger partial charge >= 0.3 is 6.18 Å². The van der Waals surface area contributed by atoms with Crippen LogP contribution < -0.4 is 20.7 Å². The number of ether oxygens (including phenoxy) is 1. The first-order valence-electron chi connectivity index (χ1n) is 14.1. The van der Waals surface area contributed by atoms with Crippen molar-refractivity contribution in [1.29, 1.82) is 0 Å². The second kappa shape index (κ2) is 15.6. The zero-order valence-corrected chi connectivity index (χ0v) is 26.6. The molecule has 0 aliphatic carbocycles. The summed E-state index contributed by atoms with van der Waals surface area (Å²) in [5.74, 6) is -1.66. The van der Waals surface area contributed by atoms with Crippen molar-refractivity contribution >= 4 is 58.5 Å². The van der Waals surface area contributed by atoms with E-state index >= 15 is 0 Å². The van der Waals surface area contributed by atoms with Crippen LogP contribution in [0, 0.1) is 0 Å². The fraction of sp³-hybridized carbons (Fsp3) is 0.147. The van der Waals surface area contributed by atoms with Crippen molar-refractivity contribution in [2.24, 2.45) is 0 Å². The van der Waals surface area contributed by atoms with E-state index in [1.807, 2.05) is 0 Å². The molecule has 4 N–H and O–H groups in total. The summed E-state index contributed by atoms with van der Waals surface area (Å²) in [6, 6.07) is 22.2. The van der Waals surface area contributed by atoms with Gasteiger partial charge in [0.2, 0.25) is 5.91 Å². The zero-order valence-electron chi connectivity index (χ0n) is 25.0. The van der Waals surface area contributed by atoms with Crippen LogP contribution in [0.3, 0.4) is 0 Å². The minimum absolute atomic E-state index is 0.0549. The molecule has 0 spiro atoms. The van der Waals surface area contributed by atoms with Crippen LogP contribution in [0.2, 0.25) is 5.02 Å². The number of alkyl halides is 3. The molecule has 47 heavy (non-hydrogen) atoms. The van der Waals surface area contributed by atoms with E-state index in [2.05, 4.69) is 16.0 Å². The number of carbonyl (C=O) groups excluding carboxylic acids is 3. The predicted molar refractivity (Wildman–Crippen MR) is 177 cm³/mol. The average Bonchev–Trinajstić information content (AvgIpc) is 3.04. The molecule has 0 radical (unpaired) electrons. The Bertz CT molecular complexity index is 1800. The quantitative estimate of drug-likeness (QED) is 0.0941. The number of amides is 3. The topological polar surface area (TPSA) is 117 Å². The van der Waals surface area contributed by atoms with Crippen LogP contribution in [-0.4, -0.2) is 35.2 Å². The smallest absolute Gasteiger partial charge is 0.418 e. The summed E-state index contributed by atoms with van der Waals surface area (Å²) in [6.07, 6.45) is -3.04. The molecule has 0 aromatic heterocycles. The molecule has 1 unspecified atom stereocenters. The van der Waals surface area contributed by atoms with E-state index in [0.29, 0.717) is 21.7 Å². The molecule has 0 aliphatic heterocycles. The monoisotopic (exact) mass is 683 g/mol. The number of phenolic OH excluding ortho intramolecular Hbond substituents is 1. The molecule has 0 fully saturated rings.